The van der Waals surface area contributed by atoms with E-state index in [4.69, 9.17) is 0 Å². The topological polar surface area (TPSA) is 89.8 Å². The zero-order chi connectivity index (χ0) is 24.6. The Bertz CT molecular complexity index is 419. The monoisotopic (exact) mass is 471 g/mol. The molecule has 0 aliphatic heterocycles. The molecule has 0 bridgehead atoms. The summed E-state index contributed by atoms with van der Waals surface area (Å²) >= 11 is 0. The molecule has 1 unspecified atom stereocenters. The molecule has 1 amide bonds. The molecule has 0 heterocycles. The molecular formula is C28H57NO4. The van der Waals surface area contributed by atoms with Gasteiger partial charge in [-0.1, -0.05) is 136 Å². The van der Waals surface area contributed by atoms with Crippen LogP contribution < -0.4 is 5.32 Å². The van der Waals surface area contributed by atoms with Crippen molar-refractivity contribution in [3.63, 3.8) is 0 Å². The largest absolute Gasteiger partial charge is 0.394 e. The fourth-order valence-electron chi connectivity index (χ4n) is 4.36. The lowest BCUT2D eigenvalue weighted by Crippen LogP contribution is -2.49. The van der Waals surface area contributed by atoms with Crippen LogP contribution in [0.5, 0.6) is 0 Å². The van der Waals surface area contributed by atoms with Gasteiger partial charge in [0.1, 0.15) is 6.10 Å². The van der Waals surface area contributed by atoms with E-state index < -0.39 is 24.2 Å². The van der Waals surface area contributed by atoms with Crippen LogP contribution in [0.1, 0.15) is 149 Å². The average Bonchev–Trinajstić information content (AvgIpc) is 2.82. The van der Waals surface area contributed by atoms with Gasteiger partial charge < -0.3 is 20.6 Å². The first kappa shape index (κ1) is 32.4. The van der Waals surface area contributed by atoms with Gasteiger partial charge in [-0.3, -0.25) is 4.79 Å². The lowest BCUT2D eigenvalue weighted by molar-refractivity contribution is -0.131. The molecule has 5 nitrogen and oxygen atoms in total. The van der Waals surface area contributed by atoms with Gasteiger partial charge in [-0.05, 0) is 12.8 Å². The molecular weight excluding hydrogens is 414 g/mol. The van der Waals surface area contributed by atoms with Crippen LogP contribution in [-0.2, 0) is 4.79 Å². The second kappa shape index (κ2) is 24.5. The van der Waals surface area contributed by atoms with Crippen molar-refractivity contribution in [3.8, 4) is 0 Å². The summed E-state index contributed by atoms with van der Waals surface area (Å²) in [5.74, 6) is -0.480. The van der Waals surface area contributed by atoms with Crippen molar-refractivity contribution < 1.29 is 20.1 Å². The van der Waals surface area contributed by atoms with Crippen molar-refractivity contribution in [2.24, 2.45) is 0 Å². The van der Waals surface area contributed by atoms with E-state index in [1.807, 2.05) is 0 Å². The Morgan fingerprint density at radius 1 is 0.606 bits per heavy atom. The van der Waals surface area contributed by atoms with Crippen LogP contribution >= 0.6 is 0 Å². The van der Waals surface area contributed by atoms with Crippen molar-refractivity contribution in [3.05, 3.63) is 0 Å². The number of amides is 1. The fourth-order valence-corrected chi connectivity index (χ4v) is 4.36. The molecule has 0 aliphatic carbocycles. The van der Waals surface area contributed by atoms with Gasteiger partial charge in [0.05, 0.1) is 18.8 Å². The van der Waals surface area contributed by atoms with E-state index in [-0.39, 0.29) is 6.61 Å². The summed E-state index contributed by atoms with van der Waals surface area (Å²) in [4.78, 5) is 12.2. The highest BCUT2D eigenvalue weighted by Gasteiger charge is 2.23. The number of carbonyl (C=O) groups is 1. The number of rotatable bonds is 25. The summed E-state index contributed by atoms with van der Waals surface area (Å²) in [6.07, 6.45) is 22.4. The Kier molecular flexibility index (Phi) is 24.0. The van der Waals surface area contributed by atoms with Gasteiger partial charge in [0.15, 0.2) is 0 Å². The number of aliphatic hydroxyl groups is 3. The molecule has 0 aromatic rings. The molecule has 3 atom stereocenters. The first-order valence-corrected chi connectivity index (χ1v) is 14.3. The third kappa shape index (κ3) is 20.4. The second-order valence-electron chi connectivity index (χ2n) is 9.97. The van der Waals surface area contributed by atoms with E-state index in [0.717, 1.165) is 32.1 Å². The summed E-state index contributed by atoms with van der Waals surface area (Å²) in [7, 11) is 0. The van der Waals surface area contributed by atoms with Crippen molar-refractivity contribution in [2.45, 2.75) is 167 Å². The van der Waals surface area contributed by atoms with Crippen LogP contribution in [0.4, 0.5) is 0 Å². The van der Waals surface area contributed by atoms with Crippen LogP contribution in [0, 0.1) is 0 Å². The molecule has 33 heavy (non-hydrogen) atoms. The van der Waals surface area contributed by atoms with Gasteiger partial charge in [-0.2, -0.15) is 0 Å². The lowest BCUT2D eigenvalue weighted by atomic mass is 10.0. The van der Waals surface area contributed by atoms with Crippen molar-refractivity contribution >= 4 is 5.91 Å². The number of aliphatic hydroxyl groups excluding tert-OH is 3. The van der Waals surface area contributed by atoms with E-state index in [1.165, 1.54) is 89.9 Å². The average molecular weight is 472 g/mol. The van der Waals surface area contributed by atoms with Crippen LogP contribution in [0.2, 0.25) is 0 Å². The van der Waals surface area contributed by atoms with Crippen molar-refractivity contribution in [1.82, 2.24) is 5.32 Å². The normalized spacial score (nSPS) is 14.2. The van der Waals surface area contributed by atoms with Crippen LogP contribution in [0.3, 0.4) is 0 Å². The van der Waals surface area contributed by atoms with E-state index in [1.54, 1.807) is 0 Å². The molecule has 0 saturated heterocycles. The van der Waals surface area contributed by atoms with Crippen LogP contribution in [0.25, 0.3) is 0 Å². The Hall–Kier alpha value is -0.650. The minimum atomic E-state index is -1.06. The molecule has 0 fully saturated rings. The van der Waals surface area contributed by atoms with E-state index in [2.05, 4.69) is 19.2 Å². The maximum Gasteiger partial charge on any atom is 0.249 e. The van der Waals surface area contributed by atoms with Crippen LogP contribution in [0.15, 0.2) is 0 Å². The molecule has 0 radical (unpaired) electrons. The zero-order valence-electron chi connectivity index (χ0n) is 22.0. The predicted molar refractivity (Wildman–Crippen MR) is 139 cm³/mol. The zero-order valence-corrected chi connectivity index (χ0v) is 22.0. The third-order valence-electron chi connectivity index (χ3n) is 6.73. The smallest absolute Gasteiger partial charge is 0.249 e. The lowest BCUT2D eigenvalue weighted by Gasteiger charge is -2.23. The van der Waals surface area contributed by atoms with Gasteiger partial charge >= 0.3 is 0 Å². The van der Waals surface area contributed by atoms with Crippen molar-refractivity contribution in [1.29, 1.82) is 0 Å². The molecule has 0 aromatic carbocycles. The number of unbranched alkanes of at least 4 members (excludes halogenated alkanes) is 17. The van der Waals surface area contributed by atoms with Crippen LogP contribution in [-0.4, -0.2) is 46.1 Å². The molecule has 0 saturated carbocycles. The van der Waals surface area contributed by atoms with Gasteiger partial charge in [0.25, 0.3) is 0 Å². The summed E-state index contributed by atoms with van der Waals surface area (Å²) < 4.78 is 0. The molecule has 5 heteroatoms. The molecule has 0 spiro atoms. The minimum Gasteiger partial charge on any atom is -0.394 e. The highest BCUT2D eigenvalue weighted by molar-refractivity contribution is 5.80. The third-order valence-corrected chi connectivity index (χ3v) is 6.73. The molecule has 198 valence electrons. The maximum absolute atomic E-state index is 12.2. The summed E-state index contributed by atoms with van der Waals surface area (Å²) in [5.41, 5.74) is 0. The molecule has 0 rings (SSSR count). The second-order valence-corrected chi connectivity index (χ2v) is 9.97. The first-order chi connectivity index (χ1) is 16.1. The Labute approximate surface area is 205 Å². The molecule has 0 aromatic heterocycles. The molecule has 0 aliphatic rings. The number of hydrogen-bond acceptors (Lipinski definition) is 4. The number of nitrogens with one attached hydrogen (secondary N) is 1. The highest BCUT2D eigenvalue weighted by Crippen LogP contribution is 2.14. The minimum absolute atomic E-state index is 0.310. The standard InChI is InChI=1S/C28H57NO4/c1-3-5-7-9-11-12-13-14-15-16-17-19-20-22-26(31)25(24-30)29-28(33)27(32)23-21-18-10-8-6-4-2/h25-27,30-32H,3-24H2,1-2H3,(H,29,33)/t25-,26+,27?/m0/s1. The fraction of sp³-hybridized carbons (Fsp3) is 0.964. The summed E-state index contributed by atoms with van der Waals surface area (Å²) in [6, 6.07) is -0.700. The highest BCUT2D eigenvalue weighted by atomic mass is 16.3. The maximum atomic E-state index is 12.2. The van der Waals surface area contributed by atoms with Gasteiger partial charge in [-0.25, -0.2) is 0 Å². The first-order valence-electron chi connectivity index (χ1n) is 14.3. The summed E-state index contributed by atoms with van der Waals surface area (Å²) in [5, 5.41) is 32.6. The van der Waals surface area contributed by atoms with E-state index >= 15 is 0 Å². The Balaban J connectivity index is 3.72. The number of carbonyl (C=O) groups excluding carboxylic acids is 1. The summed E-state index contributed by atoms with van der Waals surface area (Å²) in [6.45, 7) is 4.13. The van der Waals surface area contributed by atoms with Crippen molar-refractivity contribution in [2.75, 3.05) is 6.61 Å². The SMILES string of the molecule is CCCCCCCCCCCCCCC[C@@H](O)[C@H](CO)NC(=O)C(O)CCCCCCCC. The van der Waals surface area contributed by atoms with Gasteiger partial charge in [0.2, 0.25) is 5.91 Å². The Morgan fingerprint density at radius 3 is 1.36 bits per heavy atom. The quantitative estimate of drug-likeness (QED) is 0.116. The van der Waals surface area contributed by atoms with E-state index in [0.29, 0.717) is 12.8 Å². The van der Waals surface area contributed by atoms with E-state index in [9.17, 15) is 20.1 Å². The van der Waals surface area contributed by atoms with Gasteiger partial charge in [-0.15, -0.1) is 0 Å². The molecule has 4 N–H and O–H groups in total. The Morgan fingerprint density at radius 2 is 0.970 bits per heavy atom. The number of hydrogen-bond donors (Lipinski definition) is 4. The predicted octanol–water partition coefficient (Wildman–Crippen LogP) is 6.42. The van der Waals surface area contributed by atoms with Gasteiger partial charge in [0, 0.05) is 0 Å².